The Kier molecular flexibility index (Phi) is 5.85. The quantitative estimate of drug-likeness (QED) is 0.601. The molecule has 1 aromatic heterocycles. The van der Waals surface area contributed by atoms with Crippen LogP contribution in [-0.4, -0.2) is 52.3 Å². The van der Waals surface area contributed by atoms with E-state index in [9.17, 15) is 9.18 Å². The zero-order valence-electron chi connectivity index (χ0n) is 16.3. The molecule has 2 heterocycles. The molecule has 1 fully saturated rings. The van der Waals surface area contributed by atoms with E-state index in [1.54, 1.807) is 18.3 Å². The molecule has 1 amide bonds. The Balaban J connectivity index is 1.33. The van der Waals surface area contributed by atoms with Crippen molar-refractivity contribution < 1.29 is 9.18 Å². The number of anilines is 1. The van der Waals surface area contributed by atoms with Crippen LogP contribution >= 0.6 is 11.8 Å². The minimum absolute atomic E-state index is 0.119. The van der Waals surface area contributed by atoms with Crippen molar-refractivity contribution in [3.63, 3.8) is 0 Å². The summed E-state index contributed by atoms with van der Waals surface area (Å²) in [5, 5.41) is 0.817. The summed E-state index contributed by atoms with van der Waals surface area (Å²) in [5.74, 6) is 0.246. The molecule has 4 rings (SSSR count). The molecular formula is C22H23FN4OS. The predicted molar refractivity (Wildman–Crippen MR) is 114 cm³/mol. The molecule has 3 aromatic rings. The molecule has 0 atom stereocenters. The lowest BCUT2D eigenvalue weighted by Crippen LogP contribution is -2.49. The maximum Gasteiger partial charge on any atom is 0.233 e. The van der Waals surface area contributed by atoms with Crippen molar-refractivity contribution >= 4 is 23.4 Å². The zero-order valence-corrected chi connectivity index (χ0v) is 17.1. The smallest absolute Gasteiger partial charge is 0.233 e. The summed E-state index contributed by atoms with van der Waals surface area (Å²) < 4.78 is 15.1. The number of piperazine rings is 1. The van der Waals surface area contributed by atoms with E-state index in [-0.39, 0.29) is 11.7 Å². The largest absolute Gasteiger partial charge is 0.368 e. The lowest BCUT2D eigenvalue weighted by Gasteiger charge is -2.36. The highest BCUT2D eigenvalue weighted by molar-refractivity contribution is 7.99. The molecule has 1 aliphatic heterocycles. The van der Waals surface area contributed by atoms with Crippen molar-refractivity contribution in [2.45, 2.75) is 12.1 Å². The Hall–Kier alpha value is -2.80. The Morgan fingerprint density at radius 1 is 1.07 bits per heavy atom. The number of carbonyl (C=O) groups is 1. The van der Waals surface area contributed by atoms with E-state index in [4.69, 9.17) is 0 Å². The van der Waals surface area contributed by atoms with Crippen LogP contribution in [0.2, 0.25) is 0 Å². The first-order chi connectivity index (χ1) is 14.1. The molecule has 29 heavy (non-hydrogen) atoms. The highest BCUT2D eigenvalue weighted by Gasteiger charge is 2.22. The summed E-state index contributed by atoms with van der Waals surface area (Å²) >= 11 is 1.46. The van der Waals surface area contributed by atoms with Crippen molar-refractivity contribution in [2.24, 2.45) is 0 Å². The third kappa shape index (κ3) is 4.45. The number of rotatable bonds is 5. The lowest BCUT2D eigenvalue weighted by molar-refractivity contribution is -0.128. The van der Waals surface area contributed by atoms with Gasteiger partial charge in [0, 0.05) is 44.3 Å². The molecule has 5 nitrogen and oxygen atoms in total. The van der Waals surface area contributed by atoms with E-state index in [1.807, 2.05) is 27.8 Å². The van der Waals surface area contributed by atoms with E-state index in [2.05, 4.69) is 28.9 Å². The fraction of sp³-hybridized carbons (Fsp3) is 0.273. The van der Waals surface area contributed by atoms with Crippen LogP contribution in [0, 0.1) is 12.7 Å². The number of hydrogen-bond acceptors (Lipinski definition) is 4. The Bertz CT molecular complexity index is 980. The van der Waals surface area contributed by atoms with Crippen molar-refractivity contribution in [3.8, 4) is 5.69 Å². The van der Waals surface area contributed by atoms with Gasteiger partial charge >= 0.3 is 0 Å². The fourth-order valence-electron chi connectivity index (χ4n) is 3.50. The molecule has 0 N–H and O–H groups in total. The number of amides is 1. The van der Waals surface area contributed by atoms with Gasteiger partial charge in [-0.2, -0.15) is 0 Å². The molecule has 0 aliphatic carbocycles. The number of hydrogen-bond donors (Lipinski definition) is 0. The standard InChI is InChI=1S/C22H23FN4OS/c1-17-4-2-3-5-20(17)27-11-10-24-22(27)29-16-21(28)26-14-12-25(13-15-26)19-8-6-18(23)7-9-19/h2-11H,12-16H2,1H3. The summed E-state index contributed by atoms with van der Waals surface area (Å²) in [5.41, 5.74) is 3.23. The number of thioether (sulfide) groups is 1. The second-order valence-electron chi connectivity index (χ2n) is 7.00. The maximum atomic E-state index is 13.1. The van der Waals surface area contributed by atoms with Gasteiger partial charge in [0.15, 0.2) is 5.16 Å². The second kappa shape index (κ2) is 8.69. The molecule has 0 bridgehead atoms. The number of benzene rings is 2. The van der Waals surface area contributed by atoms with Crippen LogP contribution in [0.25, 0.3) is 5.69 Å². The van der Waals surface area contributed by atoms with Crippen LogP contribution in [0.3, 0.4) is 0 Å². The van der Waals surface area contributed by atoms with Gasteiger partial charge in [-0.05, 0) is 42.8 Å². The molecule has 1 saturated heterocycles. The van der Waals surface area contributed by atoms with Gasteiger partial charge in [0.25, 0.3) is 0 Å². The molecule has 0 radical (unpaired) electrons. The minimum Gasteiger partial charge on any atom is -0.368 e. The average molecular weight is 411 g/mol. The van der Waals surface area contributed by atoms with Gasteiger partial charge in [0.05, 0.1) is 11.4 Å². The summed E-state index contributed by atoms with van der Waals surface area (Å²) in [6.07, 6.45) is 3.69. The van der Waals surface area contributed by atoms with Crippen molar-refractivity contribution in [2.75, 3.05) is 36.8 Å². The van der Waals surface area contributed by atoms with E-state index in [1.165, 1.54) is 23.9 Å². The predicted octanol–water partition coefficient (Wildman–Crippen LogP) is 3.76. The van der Waals surface area contributed by atoms with E-state index < -0.39 is 0 Å². The number of carbonyl (C=O) groups excluding carboxylic acids is 1. The molecule has 0 saturated carbocycles. The first-order valence-corrected chi connectivity index (χ1v) is 10.6. The first-order valence-electron chi connectivity index (χ1n) is 9.62. The summed E-state index contributed by atoms with van der Waals surface area (Å²) in [6, 6.07) is 14.6. The highest BCUT2D eigenvalue weighted by atomic mass is 32.2. The monoisotopic (exact) mass is 410 g/mol. The Labute approximate surface area is 174 Å². The van der Waals surface area contributed by atoms with Crippen LogP contribution in [0.1, 0.15) is 5.56 Å². The Morgan fingerprint density at radius 3 is 2.52 bits per heavy atom. The Morgan fingerprint density at radius 2 is 1.79 bits per heavy atom. The number of halogens is 1. The van der Waals surface area contributed by atoms with Gasteiger partial charge < -0.3 is 9.80 Å². The number of imidazole rings is 1. The van der Waals surface area contributed by atoms with Crippen LogP contribution in [0.5, 0.6) is 0 Å². The molecule has 0 unspecified atom stereocenters. The minimum atomic E-state index is -0.233. The molecular weight excluding hydrogens is 387 g/mol. The summed E-state index contributed by atoms with van der Waals surface area (Å²) in [4.78, 5) is 21.2. The van der Waals surface area contributed by atoms with E-state index in [0.717, 1.165) is 35.2 Å². The van der Waals surface area contributed by atoms with Gasteiger partial charge in [-0.25, -0.2) is 9.37 Å². The highest BCUT2D eigenvalue weighted by Crippen LogP contribution is 2.23. The van der Waals surface area contributed by atoms with Crippen LogP contribution < -0.4 is 4.90 Å². The van der Waals surface area contributed by atoms with Crippen LogP contribution in [0.15, 0.2) is 66.1 Å². The summed E-state index contributed by atoms with van der Waals surface area (Å²) in [7, 11) is 0. The number of nitrogens with zero attached hydrogens (tertiary/aromatic N) is 4. The molecule has 1 aliphatic rings. The van der Waals surface area contributed by atoms with Gasteiger partial charge in [-0.1, -0.05) is 30.0 Å². The maximum absolute atomic E-state index is 13.1. The SMILES string of the molecule is Cc1ccccc1-n1ccnc1SCC(=O)N1CCN(c2ccc(F)cc2)CC1. The third-order valence-corrected chi connectivity index (χ3v) is 6.08. The van der Waals surface area contributed by atoms with Crippen LogP contribution in [0.4, 0.5) is 10.1 Å². The molecule has 2 aromatic carbocycles. The van der Waals surface area contributed by atoms with Gasteiger partial charge in [0.2, 0.25) is 5.91 Å². The van der Waals surface area contributed by atoms with Crippen molar-refractivity contribution in [3.05, 3.63) is 72.3 Å². The summed E-state index contributed by atoms with van der Waals surface area (Å²) in [6.45, 7) is 4.90. The van der Waals surface area contributed by atoms with Gasteiger partial charge in [0.1, 0.15) is 5.82 Å². The van der Waals surface area contributed by atoms with E-state index in [0.29, 0.717) is 18.8 Å². The second-order valence-corrected chi connectivity index (χ2v) is 7.94. The third-order valence-electron chi connectivity index (χ3n) is 5.13. The topological polar surface area (TPSA) is 41.4 Å². The van der Waals surface area contributed by atoms with Crippen molar-refractivity contribution in [1.29, 1.82) is 0 Å². The number of aromatic nitrogens is 2. The van der Waals surface area contributed by atoms with Gasteiger partial charge in [-0.15, -0.1) is 0 Å². The zero-order chi connectivity index (χ0) is 20.2. The van der Waals surface area contributed by atoms with E-state index >= 15 is 0 Å². The fourth-order valence-corrected chi connectivity index (χ4v) is 4.37. The van der Waals surface area contributed by atoms with Crippen molar-refractivity contribution in [1.82, 2.24) is 14.5 Å². The van der Waals surface area contributed by atoms with Crippen LogP contribution in [-0.2, 0) is 4.79 Å². The molecule has 0 spiro atoms. The number of para-hydroxylation sites is 1. The molecule has 7 heteroatoms. The first kappa shape index (κ1) is 19.5. The average Bonchev–Trinajstić information content (AvgIpc) is 3.21. The normalized spacial score (nSPS) is 14.3. The lowest BCUT2D eigenvalue weighted by atomic mass is 10.2. The number of aryl methyl sites for hydroxylation is 1. The van der Waals surface area contributed by atoms with Gasteiger partial charge in [-0.3, -0.25) is 9.36 Å². The molecule has 150 valence electrons.